The number of fused-ring (bicyclic) bond motifs is 10. The predicted molar refractivity (Wildman–Crippen MR) is 103 cm³/mol. The van der Waals surface area contributed by atoms with Crippen LogP contribution in [0.3, 0.4) is 0 Å². The summed E-state index contributed by atoms with van der Waals surface area (Å²) in [7, 11) is 0. The van der Waals surface area contributed by atoms with Gasteiger partial charge in [-0.2, -0.15) is 5.10 Å². The zero-order valence-corrected chi connectivity index (χ0v) is 13.3. The molecule has 25 heavy (non-hydrogen) atoms. The summed E-state index contributed by atoms with van der Waals surface area (Å²) in [6.45, 7) is 0. The molecule has 0 atom stereocenters. The van der Waals surface area contributed by atoms with Crippen LogP contribution in [-0.4, -0.2) is 14.6 Å². The molecule has 6 rings (SSSR count). The van der Waals surface area contributed by atoms with E-state index in [1.54, 1.807) is 0 Å². The maximum Gasteiger partial charge on any atom is 0.0966 e. The maximum atomic E-state index is 4.64. The number of pyridine rings is 2. The molecule has 3 heteroatoms. The van der Waals surface area contributed by atoms with Gasteiger partial charge in [0.15, 0.2) is 0 Å². The minimum absolute atomic E-state index is 0.994. The van der Waals surface area contributed by atoms with Gasteiger partial charge in [0, 0.05) is 17.0 Å². The molecule has 116 valence electrons. The molecule has 3 aromatic heterocycles. The lowest BCUT2D eigenvalue weighted by Gasteiger charge is -2.11. The van der Waals surface area contributed by atoms with Crippen molar-refractivity contribution >= 4 is 48.9 Å². The highest BCUT2D eigenvalue weighted by Gasteiger charge is 2.13. The van der Waals surface area contributed by atoms with Crippen LogP contribution in [0.5, 0.6) is 0 Å². The first-order valence-corrected chi connectivity index (χ1v) is 8.36. The Balaban J connectivity index is 2.00. The summed E-state index contributed by atoms with van der Waals surface area (Å²) in [4.78, 5) is 4.64. The third-order valence-corrected chi connectivity index (χ3v) is 5.09. The molecular weight excluding hydrogens is 306 g/mol. The highest BCUT2D eigenvalue weighted by atomic mass is 15.2. The fourth-order valence-corrected chi connectivity index (χ4v) is 4.02. The van der Waals surface area contributed by atoms with Gasteiger partial charge < -0.3 is 0 Å². The summed E-state index contributed by atoms with van der Waals surface area (Å²) in [5, 5.41) is 12.0. The monoisotopic (exact) mass is 319 g/mol. The fourth-order valence-electron chi connectivity index (χ4n) is 4.02. The average molecular weight is 319 g/mol. The Morgan fingerprint density at radius 3 is 2.48 bits per heavy atom. The standard InChI is InChI=1S/C22H13N3/c1-2-5-15-14(4-1)7-8-17-16(15)9-10-19-21(17)18-6-3-12-23-22(18)20-11-13-24-25(19)20/h1-13H. The van der Waals surface area contributed by atoms with Gasteiger partial charge in [0.05, 0.1) is 22.7 Å². The van der Waals surface area contributed by atoms with Crippen LogP contribution in [-0.2, 0) is 0 Å². The van der Waals surface area contributed by atoms with E-state index < -0.39 is 0 Å². The first-order valence-electron chi connectivity index (χ1n) is 8.36. The first kappa shape index (κ1) is 12.9. The highest BCUT2D eigenvalue weighted by Crippen LogP contribution is 2.36. The molecule has 0 saturated heterocycles. The molecule has 0 spiro atoms. The Hall–Kier alpha value is -3.46. The summed E-state index contributed by atoms with van der Waals surface area (Å²) < 4.78 is 2.00. The Labute approximate surface area is 143 Å². The van der Waals surface area contributed by atoms with Crippen LogP contribution >= 0.6 is 0 Å². The SMILES string of the molecule is c1ccc2c(c1)ccc1c2ccc2c1c1cccnc1c1ccnn12. The van der Waals surface area contributed by atoms with Gasteiger partial charge in [0.1, 0.15) is 0 Å². The second-order valence-electron chi connectivity index (χ2n) is 6.37. The molecule has 0 aliphatic rings. The van der Waals surface area contributed by atoms with E-state index in [0.29, 0.717) is 0 Å². The maximum absolute atomic E-state index is 4.64. The summed E-state index contributed by atoms with van der Waals surface area (Å²) in [5.41, 5.74) is 3.15. The summed E-state index contributed by atoms with van der Waals surface area (Å²) in [5.74, 6) is 0. The number of benzene rings is 3. The average Bonchev–Trinajstić information content (AvgIpc) is 3.17. The third kappa shape index (κ3) is 1.59. The number of hydrogen-bond donors (Lipinski definition) is 0. The second kappa shape index (κ2) is 4.54. The topological polar surface area (TPSA) is 30.2 Å². The van der Waals surface area contributed by atoms with E-state index in [1.807, 2.05) is 29.0 Å². The van der Waals surface area contributed by atoms with Gasteiger partial charge in [-0.25, -0.2) is 4.52 Å². The molecule has 3 heterocycles. The Kier molecular flexibility index (Phi) is 2.35. The molecule has 0 aliphatic carbocycles. The Bertz CT molecular complexity index is 1440. The molecule has 0 aliphatic heterocycles. The summed E-state index contributed by atoms with van der Waals surface area (Å²) in [6.07, 6.45) is 3.69. The smallest absolute Gasteiger partial charge is 0.0966 e. The van der Waals surface area contributed by atoms with Crippen molar-refractivity contribution in [3.05, 3.63) is 79.1 Å². The molecule has 0 saturated carbocycles. The third-order valence-electron chi connectivity index (χ3n) is 5.09. The molecule has 0 N–H and O–H groups in total. The van der Waals surface area contributed by atoms with Crippen molar-refractivity contribution in [3.8, 4) is 0 Å². The van der Waals surface area contributed by atoms with Crippen molar-refractivity contribution in [3.63, 3.8) is 0 Å². The van der Waals surface area contributed by atoms with Crippen LogP contribution in [0.1, 0.15) is 0 Å². The van der Waals surface area contributed by atoms with Crippen LogP contribution in [0.4, 0.5) is 0 Å². The van der Waals surface area contributed by atoms with Crippen LogP contribution in [0, 0.1) is 0 Å². The van der Waals surface area contributed by atoms with Crippen LogP contribution in [0.25, 0.3) is 48.9 Å². The predicted octanol–water partition coefficient (Wildman–Crippen LogP) is 5.34. The lowest BCUT2D eigenvalue weighted by atomic mass is 9.97. The van der Waals surface area contributed by atoms with Crippen molar-refractivity contribution in [1.82, 2.24) is 14.6 Å². The quantitative estimate of drug-likeness (QED) is 0.354. The van der Waals surface area contributed by atoms with E-state index >= 15 is 0 Å². The first-order chi connectivity index (χ1) is 12.4. The van der Waals surface area contributed by atoms with E-state index in [1.165, 1.54) is 32.3 Å². The number of hydrogen-bond acceptors (Lipinski definition) is 2. The van der Waals surface area contributed by atoms with Crippen molar-refractivity contribution in [1.29, 1.82) is 0 Å². The molecule has 0 radical (unpaired) electrons. The van der Waals surface area contributed by atoms with Gasteiger partial charge in [-0.3, -0.25) is 4.98 Å². The van der Waals surface area contributed by atoms with Gasteiger partial charge >= 0.3 is 0 Å². The largest absolute Gasteiger partial charge is 0.254 e. The molecule has 0 fully saturated rings. The lowest BCUT2D eigenvalue weighted by molar-refractivity contribution is 1.01. The molecule has 6 aromatic rings. The van der Waals surface area contributed by atoms with Crippen LogP contribution < -0.4 is 0 Å². The summed E-state index contributed by atoms with van der Waals surface area (Å²) in [6, 6.07) is 23.5. The van der Waals surface area contributed by atoms with Gasteiger partial charge in [0.25, 0.3) is 0 Å². The van der Waals surface area contributed by atoms with Gasteiger partial charge in [-0.05, 0) is 39.7 Å². The van der Waals surface area contributed by atoms with Crippen LogP contribution in [0.2, 0.25) is 0 Å². The minimum Gasteiger partial charge on any atom is -0.254 e. The highest BCUT2D eigenvalue weighted by molar-refractivity contribution is 6.25. The number of rotatable bonds is 0. The van der Waals surface area contributed by atoms with E-state index in [4.69, 9.17) is 0 Å². The van der Waals surface area contributed by atoms with Gasteiger partial charge in [-0.1, -0.05) is 48.5 Å². The number of aromatic nitrogens is 3. The molecule has 3 aromatic carbocycles. The van der Waals surface area contributed by atoms with Crippen molar-refractivity contribution in [2.75, 3.05) is 0 Å². The lowest BCUT2D eigenvalue weighted by Crippen LogP contribution is -1.94. The fraction of sp³-hybridized carbons (Fsp3) is 0. The normalized spacial score (nSPS) is 12.0. The molecular formula is C22H13N3. The van der Waals surface area contributed by atoms with Crippen molar-refractivity contribution in [2.24, 2.45) is 0 Å². The van der Waals surface area contributed by atoms with Gasteiger partial charge in [0.2, 0.25) is 0 Å². The number of nitrogens with zero attached hydrogens (tertiary/aromatic N) is 3. The van der Waals surface area contributed by atoms with E-state index in [-0.39, 0.29) is 0 Å². The molecule has 0 amide bonds. The van der Waals surface area contributed by atoms with Gasteiger partial charge in [-0.15, -0.1) is 0 Å². The zero-order valence-electron chi connectivity index (χ0n) is 13.3. The van der Waals surface area contributed by atoms with E-state index in [9.17, 15) is 0 Å². The molecule has 0 unspecified atom stereocenters. The molecule has 0 bridgehead atoms. The zero-order chi connectivity index (χ0) is 16.4. The minimum atomic E-state index is 0.994. The van der Waals surface area contributed by atoms with Crippen molar-refractivity contribution < 1.29 is 0 Å². The summed E-state index contributed by atoms with van der Waals surface area (Å²) >= 11 is 0. The second-order valence-corrected chi connectivity index (χ2v) is 6.37. The van der Waals surface area contributed by atoms with E-state index in [0.717, 1.165) is 16.6 Å². The van der Waals surface area contributed by atoms with Crippen LogP contribution in [0.15, 0.2) is 79.1 Å². The Morgan fingerprint density at radius 1 is 0.600 bits per heavy atom. The molecule has 3 nitrogen and oxygen atoms in total. The van der Waals surface area contributed by atoms with Crippen molar-refractivity contribution in [2.45, 2.75) is 0 Å². The van der Waals surface area contributed by atoms with E-state index in [2.05, 4.69) is 64.7 Å². The Morgan fingerprint density at radius 2 is 1.48 bits per heavy atom.